The van der Waals surface area contributed by atoms with Crippen molar-refractivity contribution >= 4 is 11.6 Å². The lowest BCUT2D eigenvalue weighted by Crippen LogP contribution is -2.28. The third-order valence-electron chi connectivity index (χ3n) is 2.62. The molecule has 1 heterocycles. The van der Waals surface area contributed by atoms with Gasteiger partial charge in [0.2, 0.25) is 0 Å². The summed E-state index contributed by atoms with van der Waals surface area (Å²) in [5, 5.41) is 3.27. The van der Waals surface area contributed by atoms with E-state index in [1.54, 1.807) is 6.33 Å². The molecule has 1 aromatic heterocycles. The molecule has 0 radical (unpaired) electrons. The Morgan fingerprint density at radius 2 is 2.11 bits per heavy atom. The number of rotatable bonds is 9. The second-order valence-electron chi connectivity index (χ2n) is 3.96. The van der Waals surface area contributed by atoms with Gasteiger partial charge in [0.25, 0.3) is 0 Å². The topological polar surface area (TPSA) is 50.3 Å². The highest BCUT2D eigenvalue weighted by molar-refractivity contribution is 5.48. The zero-order chi connectivity index (χ0) is 13.2. The van der Waals surface area contributed by atoms with Gasteiger partial charge < -0.3 is 15.0 Å². The van der Waals surface area contributed by atoms with Crippen LogP contribution in [0.25, 0.3) is 0 Å². The highest BCUT2D eigenvalue weighted by Gasteiger charge is 2.06. The summed E-state index contributed by atoms with van der Waals surface area (Å²) in [5.74, 6) is 1.84. The molecule has 0 amide bonds. The number of aromatic nitrogens is 2. The van der Waals surface area contributed by atoms with Gasteiger partial charge in [-0.15, -0.1) is 0 Å². The molecule has 0 aliphatic heterocycles. The molecule has 0 saturated heterocycles. The standard InChI is InChI=1S/C13H24N4O/c1-4-7-14-12-10-13(16-11-15-12)17(5-2)8-9-18-6-3/h10-11H,4-9H2,1-3H3,(H,14,15,16). The molecule has 0 atom stereocenters. The number of ether oxygens (including phenoxy) is 1. The van der Waals surface area contributed by atoms with E-state index in [1.165, 1.54) is 0 Å². The lowest BCUT2D eigenvalue weighted by Gasteiger charge is -2.22. The fraction of sp³-hybridized carbons (Fsp3) is 0.692. The lowest BCUT2D eigenvalue weighted by molar-refractivity contribution is 0.154. The first-order valence-electron chi connectivity index (χ1n) is 6.70. The first kappa shape index (κ1) is 14.7. The molecule has 0 aromatic carbocycles. The number of hydrogen-bond acceptors (Lipinski definition) is 5. The van der Waals surface area contributed by atoms with Gasteiger partial charge in [0.1, 0.15) is 18.0 Å². The minimum Gasteiger partial charge on any atom is -0.380 e. The second kappa shape index (κ2) is 8.69. The van der Waals surface area contributed by atoms with Crippen LogP contribution in [-0.4, -0.2) is 42.8 Å². The third kappa shape index (κ3) is 4.87. The van der Waals surface area contributed by atoms with Crippen LogP contribution in [0.5, 0.6) is 0 Å². The van der Waals surface area contributed by atoms with Crippen LogP contribution in [-0.2, 0) is 4.74 Å². The molecule has 0 unspecified atom stereocenters. The van der Waals surface area contributed by atoms with Crippen LogP contribution >= 0.6 is 0 Å². The molecule has 0 aliphatic carbocycles. The summed E-state index contributed by atoms with van der Waals surface area (Å²) in [6.45, 7) is 10.4. The number of likely N-dealkylation sites (N-methyl/N-ethyl adjacent to an activating group) is 1. The van der Waals surface area contributed by atoms with Crippen LogP contribution < -0.4 is 10.2 Å². The predicted octanol–water partition coefficient (Wildman–Crippen LogP) is 2.16. The molecule has 1 rings (SSSR count). The van der Waals surface area contributed by atoms with Gasteiger partial charge >= 0.3 is 0 Å². The van der Waals surface area contributed by atoms with Crippen LogP contribution in [0.2, 0.25) is 0 Å². The Hall–Kier alpha value is -1.36. The molecule has 0 saturated carbocycles. The van der Waals surface area contributed by atoms with Gasteiger partial charge in [0, 0.05) is 32.3 Å². The van der Waals surface area contributed by atoms with Gasteiger partial charge in [-0.2, -0.15) is 0 Å². The van der Waals surface area contributed by atoms with Gasteiger partial charge in [-0.25, -0.2) is 9.97 Å². The van der Waals surface area contributed by atoms with Crippen molar-refractivity contribution in [3.8, 4) is 0 Å². The molecule has 0 fully saturated rings. The van der Waals surface area contributed by atoms with E-state index in [4.69, 9.17) is 4.74 Å². The monoisotopic (exact) mass is 252 g/mol. The molecule has 1 aromatic rings. The Morgan fingerprint density at radius 3 is 2.78 bits per heavy atom. The van der Waals surface area contributed by atoms with Gasteiger partial charge in [-0.1, -0.05) is 6.92 Å². The summed E-state index contributed by atoms with van der Waals surface area (Å²) in [7, 11) is 0. The lowest BCUT2D eigenvalue weighted by atomic mass is 10.4. The summed E-state index contributed by atoms with van der Waals surface area (Å²) in [5.41, 5.74) is 0. The molecular formula is C13H24N4O. The Kier molecular flexibility index (Phi) is 7.10. The van der Waals surface area contributed by atoms with Crippen LogP contribution in [0, 0.1) is 0 Å². The molecule has 0 aliphatic rings. The molecule has 5 heteroatoms. The van der Waals surface area contributed by atoms with E-state index in [2.05, 4.69) is 34.0 Å². The van der Waals surface area contributed by atoms with Crippen molar-refractivity contribution in [2.75, 3.05) is 43.1 Å². The molecule has 0 bridgehead atoms. The van der Waals surface area contributed by atoms with Crippen molar-refractivity contribution in [1.29, 1.82) is 0 Å². The maximum Gasteiger partial charge on any atom is 0.134 e. The predicted molar refractivity (Wildman–Crippen MR) is 75.2 cm³/mol. The van der Waals surface area contributed by atoms with E-state index in [1.807, 2.05) is 13.0 Å². The Morgan fingerprint density at radius 1 is 1.28 bits per heavy atom. The van der Waals surface area contributed by atoms with Crippen molar-refractivity contribution in [2.24, 2.45) is 0 Å². The second-order valence-corrected chi connectivity index (χ2v) is 3.96. The minimum absolute atomic E-state index is 0.728. The molecule has 0 spiro atoms. The number of hydrogen-bond donors (Lipinski definition) is 1. The Balaban J connectivity index is 2.60. The molecule has 102 valence electrons. The number of anilines is 2. The summed E-state index contributed by atoms with van der Waals surface area (Å²) in [6, 6.07) is 1.99. The zero-order valence-electron chi connectivity index (χ0n) is 11.6. The molecule has 18 heavy (non-hydrogen) atoms. The van der Waals surface area contributed by atoms with Gasteiger partial charge in [0.15, 0.2) is 0 Å². The minimum atomic E-state index is 0.728. The smallest absolute Gasteiger partial charge is 0.134 e. The zero-order valence-corrected chi connectivity index (χ0v) is 11.6. The van der Waals surface area contributed by atoms with Crippen molar-refractivity contribution in [2.45, 2.75) is 27.2 Å². The van der Waals surface area contributed by atoms with Crippen molar-refractivity contribution in [1.82, 2.24) is 9.97 Å². The Labute approximate surface area is 110 Å². The fourth-order valence-electron chi connectivity index (χ4n) is 1.62. The molecule has 5 nitrogen and oxygen atoms in total. The summed E-state index contributed by atoms with van der Waals surface area (Å²) in [6.07, 6.45) is 2.69. The molecule has 1 N–H and O–H groups in total. The number of nitrogens with one attached hydrogen (secondary N) is 1. The van der Waals surface area contributed by atoms with E-state index >= 15 is 0 Å². The largest absolute Gasteiger partial charge is 0.380 e. The van der Waals surface area contributed by atoms with Crippen LogP contribution in [0.1, 0.15) is 27.2 Å². The Bertz CT molecular complexity index is 333. The first-order chi connectivity index (χ1) is 8.81. The third-order valence-corrected chi connectivity index (χ3v) is 2.62. The van der Waals surface area contributed by atoms with E-state index in [-0.39, 0.29) is 0 Å². The summed E-state index contributed by atoms with van der Waals surface area (Å²) < 4.78 is 5.38. The van der Waals surface area contributed by atoms with Crippen LogP contribution in [0.3, 0.4) is 0 Å². The first-order valence-corrected chi connectivity index (χ1v) is 6.70. The van der Waals surface area contributed by atoms with E-state index < -0.39 is 0 Å². The van der Waals surface area contributed by atoms with Gasteiger partial charge in [0.05, 0.1) is 6.61 Å². The fourth-order valence-corrected chi connectivity index (χ4v) is 1.62. The summed E-state index contributed by atoms with van der Waals surface area (Å²) in [4.78, 5) is 10.7. The highest BCUT2D eigenvalue weighted by atomic mass is 16.5. The summed E-state index contributed by atoms with van der Waals surface area (Å²) >= 11 is 0. The van der Waals surface area contributed by atoms with Crippen molar-refractivity contribution in [3.63, 3.8) is 0 Å². The van der Waals surface area contributed by atoms with Gasteiger partial charge in [-0.05, 0) is 20.3 Å². The SMILES string of the molecule is CCCNc1cc(N(CC)CCOCC)ncn1. The van der Waals surface area contributed by atoms with E-state index in [9.17, 15) is 0 Å². The van der Waals surface area contributed by atoms with E-state index in [0.29, 0.717) is 0 Å². The maximum atomic E-state index is 5.38. The quantitative estimate of drug-likeness (QED) is 0.683. The highest BCUT2D eigenvalue weighted by Crippen LogP contribution is 2.13. The van der Waals surface area contributed by atoms with Gasteiger partial charge in [-0.3, -0.25) is 0 Å². The maximum absolute atomic E-state index is 5.38. The normalized spacial score (nSPS) is 10.4. The van der Waals surface area contributed by atoms with Crippen molar-refractivity contribution < 1.29 is 4.74 Å². The number of nitrogens with zero attached hydrogens (tertiary/aromatic N) is 3. The average Bonchev–Trinajstić information content (AvgIpc) is 2.42. The average molecular weight is 252 g/mol. The van der Waals surface area contributed by atoms with Crippen molar-refractivity contribution in [3.05, 3.63) is 12.4 Å². The van der Waals surface area contributed by atoms with E-state index in [0.717, 1.165) is 50.9 Å². The van der Waals surface area contributed by atoms with Crippen LogP contribution in [0.15, 0.2) is 12.4 Å². The molecular weight excluding hydrogens is 228 g/mol. The van der Waals surface area contributed by atoms with Crippen LogP contribution in [0.4, 0.5) is 11.6 Å².